The van der Waals surface area contributed by atoms with Gasteiger partial charge in [0, 0.05) is 0 Å². The maximum atomic E-state index is 12.3. The van der Waals surface area contributed by atoms with E-state index in [2.05, 4.69) is 5.32 Å². The van der Waals surface area contributed by atoms with E-state index in [1.54, 1.807) is 23.6 Å². The highest BCUT2D eigenvalue weighted by Gasteiger charge is 2.26. The molecule has 0 bridgehead atoms. The fraction of sp³-hybridized carbons (Fsp3) is 0.250. The third-order valence-electron chi connectivity index (χ3n) is 3.54. The highest BCUT2D eigenvalue weighted by Crippen LogP contribution is 2.26. The molecule has 0 saturated carbocycles. The van der Waals surface area contributed by atoms with Crippen LogP contribution in [0.25, 0.3) is 0 Å². The Labute approximate surface area is 132 Å². The van der Waals surface area contributed by atoms with Crippen molar-refractivity contribution in [3.8, 4) is 5.75 Å². The van der Waals surface area contributed by atoms with Gasteiger partial charge in [0.15, 0.2) is 6.04 Å². The van der Waals surface area contributed by atoms with E-state index in [0.717, 1.165) is 11.1 Å². The Morgan fingerprint density at radius 3 is 2.64 bits per heavy atom. The molecule has 0 fully saturated rings. The number of carboxylic acids is 1. The first kappa shape index (κ1) is 16.0. The highest BCUT2D eigenvalue weighted by atomic mass is 32.1. The Kier molecular flexibility index (Phi) is 4.82. The summed E-state index contributed by atoms with van der Waals surface area (Å²) in [6.07, 6.45) is 0. The van der Waals surface area contributed by atoms with E-state index >= 15 is 0 Å². The van der Waals surface area contributed by atoms with Gasteiger partial charge in [-0.2, -0.15) is 0 Å². The lowest BCUT2D eigenvalue weighted by Gasteiger charge is -2.18. The first-order chi connectivity index (χ1) is 10.5. The summed E-state index contributed by atoms with van der Waals surface area (Å²) in [5, 5.41) is 13.8. The third-order valence-corrected chi connectivity index (χ3v) is 4.43. The molecule has 2 rings (SSSR count). The standard InChI is InChI=1S/C16H17NO4S/c1-9-5-4-6-11(10(9)2)13(16(19)20)17-15(18)14-12(21-3)7-8-22-14/h4-8,13H,1-3H3,(H,17,18)(H,19,20). The molecule has 1 unspecified atom stereocenters. The minimum absolute atomic E-state index is 0.360. The number of hydrogen-bond donors (Lipinski definition) is 2. The topological polar surface area (TPSA) is 75.6 Å². The van der Waals surface area contributed by atoms with E-state index in [1.807, 2.05) is 19.9 Å². The summed E-state index contributed by atoms with van der Waals surface area (Å²) in [6, 6.07) is 5.98. The number of rotatable bonds is 5. The first-order valence-corrected chi connectivity index (χ1v) is 7.55. The summed E-state index contributed by atoms with van der Waals surface area (Å²) in [4.78, 5) is 24.3. The van der Waals surface area contributed by atoms with Crippen LogP contribution in [0, 0.1) is 13.8 Å². The van der Waals surface area contributed by atoms with Crippen LogP contribution in [0.15, 0.2) is 29.6 Å². The Balaban J connectivity index is 2.32. The van der Waals surface area contributed by atoms with Crippen LogP contribution in [-0.4, -0.2) is 24.1 Å². The van der Waals surface area contributed by atoms with Crippen molar-refractivity contribution in [3.05, 3.63) is 51.2 Å². The van der Waals surface area contributed by atoms with Gasteiger partial charge in [-0.15, -0.1) is 11.3 Å². The van der Waals surface area contributed by atoms with E-state index in [9.17, 15) is 14.7 Å². The third kappa shape index (κ3) is 3.12. The van der Waals surface area contributed by atoms with Gasteiger partial charge in [0.05, 0.1) is 7.11 Å². The quantitative estimate of drug-likeness (QED) is 0.888. The summed E-state index contributed by atoms with van der Waals surface area (Å²) >= 11 is 1.21. The highest BCUT2D eigenvalue weighted by molar-refractivity contribution is 7.12. The molecular weight excluding hydrogens is 302 g/mol. The zero-order valence-electron chi connectivity index (χ0n) is 12.5. The molecule has 0 aliphatic heterocycles. The average Bonchev–Trinajstić information content (AvgIpc) is 2.96. The summed E-state index contributed by atoms with van der Waals surface area (Å²) < 4.78 is 5.10. The molecule has 6 heteroatoms. The van der Waals surface area contributed by atoms with Gasteiger partial charge in [0.2, 0.25) is 0 Å². The molecule has 1 heterocycles. The number of methoxy groups -OCH3 is 1. The molecule has 2 aromatic rings. The molecule has 0 saturated heterocycles. The van der Waals surface area contributed by atoms with Crippen LogP contribution in [-0.2, 0) is 4.79 Å². The Hall–Kier alpha value is -2.34. The SMILES string of the molecule is COc1ccsc1C(=O)NC(C(=O)O)c1cccc(C)c1C. The lowest BCUT2D eigenvalue weighted by molar-refractivity contribution is -0.139. The van der Waals surface area contributed by atoms with Crippen molar-refractivity contribution >= 4 is 23.2 Å². The fourth-order valence-electron chi connectivity index (χ4n) is 2.18. The van der Waals surface area contributed by atoms with Crippen molar-refractivity contribution in [2.24, 2.45) is 0 Å². The number of carboxylic acid groups (broad SMARTS) is 1. The number of hydrogen-bond acceptors (Lipinski definition) is 4. The predicted octanol–water partition coefficient (Wildman–Crippen LogP) is 2.93. The molecule has 1 atom stereocenters. The van der Waals surface area contributed by atoms with Crippen LogP contribution in [0.5, 0.6) is 5.75 Å². The van der Waals surface area contributed by atoms with E-state index in [1.165, 1.54) is 18.4 Å². The van der Waals surface area contributed by atoms with Crippen molar-refractivity contribution in [2.75, 3.05) is 7.11 Å². The van der Waals surface area contributed by atoms with Gasteiger partial charge in [-0.05, 0) is 42.0 Å². The molecule has 0 aliphatic carbocycles. The van der Waals surface area contributed by atoms with E-state index in [0.29, 0.717) is 16.2 Å². The maximum Gasteiger partial charge on any atom is 0.330 e. The molecule has 116 valence electrons. The van der Waals surface area contributed by atoms with Gasteiger partial charge in [0.25, 0.3) is 5.91 Å². The average molecular weight is 319 g/mol. The van der Waals surface area contributed by atoms with Gasteiger partial charge >= 0.3 is 5.97 Å². The Bertz CT molecular complexity index is 708. The van der Waals surface area contributed by atoms with Crippen molar-refractivity contribution < 1.29 is 19.4 Å². The minimum Gasteiger partial charge on any atom is -0.495 e. The Morgan fingerprint density at radius 2 is 2.00 bits per heavy atom. The van der Waals surface area contributed by atoms with Gasteiger partial charge in [-0.3, -0.25) is 4.79 Å². The number of thiophene rings is 1. The molecule has 1 amide bonds. The fourth-order valence-corrected chi connectivity index (χ4v) is 2.94. The molecular formula is C16H17NO4S. The number of benzene rings is 1. The van der Waals surface area contributed by atoms with Gasteiger partial charge in [0.1, 0.15) is 10.6 Å². The van der Waals surface area contributed by atoms with Crippen molar-refractivity contribution in [1.29, 1.82) is 0 Å². The van der Waals surface area contributed by atoms with Crippen molar-refractivity contribution in [1.82, 2.24) is 5.32 Å². The first-order valence-electron chi connectivity index (χ1n) is 6.67. The van der Waals surface area contributed by atoms with Crippen LogP contribution in [0.1, 0.15) is 32.4 Å². The lowest BCUT2D eigenvalue weighted by Crippen LogP contribution is -2.34. The molecule has 0 aliphatic rings. The van der Waals surface area contributed by atoms with Gasteiger partial charge < -0.3 is 15.2 Å². The number of carbonyl (C=O) groups is 2. The summed E-state index contributed by atoms with van der Waals surface area (Å²) in [7, 11) is 1.47. The zero-order chi connectivity index (χ0) is 16.3. The predicted molar refractivity (Wildman–Crippen MR) is 84.6 cm³/mol. The second-order valence-corrected chi connectivity index (χ2v) is 5.77. The maximum absolute atomic E-state index is 12.3. The lowest BCUT2D eigenvalue weighted by atomic mass is 9.97. The molecule has 22 heavy (non-hydrogen) atoms. The number of nitrogens with one attached hydrogen (secondary N) is 1. The normalized spacial score (nSPS) is 11.8. The largest absolute Gasteiger partial charge is 0.495 e. The monoisotopic (exact) mass is 319 g/mol. The number of carbonyl (C=O) groups excluding carboxylic acids is 1. The van der Waals surface area contributed by atoms with Crippen LogP contribution < -0.4 is 10.1 Å². The molecule has 5 nitrogen and oxygen atoms in total. The van der Waals surface area contributed by atoms with Crippen LogP contribution in [0.3, 0.4) is 0 Å². The number of aliphatic carboxylic acids is 1. The van der Waals surface area contributed by atoms with E-state index < -0.39 is 17.9 Å². The smallest absolute Gasteiger partial charge is 0.330 e. The van der Waals surface area contributed by atoms with Crippen LogP contribution >= 0.6 is 11.3 Å². The number of aryl methyl sites for hydroxylation is 1. The van der Waals surface area contributed by atoms with Crippen LogP contribution in [0.2, 0.25) is 0 Å². The Morgan fingerprint density at radius 1 is 1.27 bits per heavy atom. The number of amides is 1. The van der Waals surface area contributed by atoms with Crippen molar-refractivity contribution in [3.63, 3.8) is 0 Å². The summed E-state index contributed by atoms with van der Waals surface area (Å²) in [5.74, 6) is -1.12. The summed E-state index contributed by atoms with van der Waals surface area (Å²) in [6.45, 7) is 3.75. The van der Waals surface area contributed by atoms with E-state index in [-0.39, 0.29) is 0 Å². The zero-order valence-corrected chi connectivity index (χ0v) is 13.4. The molecule has 1 aromatic heterocycles. The molecule has 0 spiro atoms. The summed E-state index contributed by atoms with van der Waals surface area (Å²) in [5.41, 5.74) is 2.41. The second kappa shape index (κ2) is 6.62. The van der Waals surface area contributed by atoms with Crippen molar-refractivity contribution in [2.45, 2.75) is 19.9 Å². The second-order valence-electron chi connectivity index (χ2n) is 4.85. The van der Waals surface area contributed by atoms with Crippen LogP contribution in [0.4, 0.5) is 0 Å². The minimum atomic E-state index is -1.10. The molecule has 0 radical (unpaired) electrons. The number of ether oxygens (including phenoxy) is 1. The van der Waals surface area contributed by atoms with Gasteiger partial charge in [-0.25, -0.2) is 4.79 Å². The molecule has 1 aromatic carbocycles. The molecule has 2 N–H and O–H groups in total. The van der Waals surface area contributed by atoms with Gasteiger partial charge in [-0.1, -0.05) is 18.2 Å². The van der Waals surface area contributed by atoms with E-state index in [4.69, 9.17) is 4.74 Å².